The van der Waals surface area contributed by atoms with Crippen molar-refractivity contribution in [2.45, 2.75) is 37.5 Å². The molecule has 1 nitrogen and oxygen atoms in total. The van der Waals surface area contributed by atoms with E-state index in [-0.39, 0.29) is 10.8 Å². The number of para-hydroxylation sites is 2. The molecule has 0 unspecified atom stereocenters. The maximum Gasteiger partial charge on any atom is 0.0465 e. The average molecular weight is 602 g/mol. The molecule has 47 heavy (non-hydrogen) atoms. The lowest BCUT2D eigenvalue weighted by molar-refractivity contribution is 0.660. The third-order valence-electron chi connectivity index (χ3n) is 11.3. The van der Waals surface area contributed by atoms with Crippen LogP contribution in [0.2, 0.25) is 0 Å². The normalized spacial score (nSPS) is 15.6. The molecule has 0 bridgehead atoms. The van der Waals surface area contributed by atoms with Gasteiger partial charge in [-0.05, 0) is 128 Å². The van der Waals surface area contributed by atoms with Gasteiger partial charge >= 0.3 is 0 Å². The highest BCUT2D eigenvalue weighted by Crippen LogP contribution is 2.62. The topological polar surface area (TPSA) is 3.24 Å². The molecule has 0 aliphatic heterocycles. The van der Waals surface area contributed by atoms with Gasteiger partial charge in [-0.15, -0.1) is 0 Å². The van der Waals surface area contributed by atoms with Gasteiger partial charge in [0.1, 0.15) is 0 Å². The zero-order chi connectivity index (χ0) is 31.3. The summed E-state index contributed by atoms with van der Waals surface area (Å²) in [6, 6.07) is 56.6. The average Bonchev–Trinajstić information content (AvgIpc) is 3.89. The third-order valence-corrected chi connectivity index (χ3v) is 11.3. The summed E-state index contributed by atoms with van der Waals surface area (Å²) in [6.45, 7) is 4.79. The fourth-order valence-electron chi connectivity index (χ4n) is 8.77. The molecular formula is C46H35N. The Kier molecular flexibility index (Phi) is 5.45. The summed E-state index contributed by atoms with van der Waals surface area (Å²) in [5.41, 5.74) is 17.5. The van der Waals surface area contributed by atoms with E-state index >= 15 is 0 Å². The molecule has 3 aliphatic carbocycles. The first kappa shape index (κ1) is 26.8. The zero-order valence-corrected chi connectivity index (χ0v) is 26.8. The summed E-state index contributed by atoms with van der Waals surface area (Å²) in [6.07, 6.45) is 2.46. The number of hydrogen-bond acceptors (Lipinski definition) is 1. The van der Waals surface area contributed by atoms with E-state index in [2.05, 4.69) is 170 Å². The van der Waals surface area contributed by atoms with Crippen LogP contribution in [0.5, 0.6) is 0 Å². The Hall–Kier alpha value is -5.40. The highest BCUT2D eigenvalue weighted by molar-refractivity contribution is 6.04. The molecule has 224 valence electrons. The molecule has 10 rings (SSSR count). The summed E-state index contributed by atoms with van der Waals surface area (Å²) in [5, 5.41) is 2.82. The minimum atomic E-state index is -0.129. The summed E-state index contributed by atoms with van der Waals surface area (Å²) in [4.78, 5) is 2.37. The van der Waals surface area contributed by atoms with Gasteiger partial charge in [-0.25, -0.2) is 0 Å². The van der Waals surface area contributed by atoms with Crippen molar-refractivity contribution in [1.29, 1.82) is 0 Å². The molecule has 0 amide bonds. The summed E-state index contributed by atoms with van der Waals surface area (Å²) < 4.78 is 0. The second kappa shape index (κ2) is 9.56. The van der Waals surface area contributed by atoms with Gasteiger partial charge in [0, 0.05) is 27.9 Å². The number of fused-ring (bicyclic) bond motifs is 7. The van der Waals surface area contributed by atoms with Gasteiger partial charge in [0.05, 0.1) is 0 Å². The molecule has 1 spiro atoms. The molecule has 3 aliphatic rings. The van der Waals surface area contributed by atoms with Crippen LogP contribution in [0.3, 0.4) is 0 Å². The van der Waals surface area contributed by atoms with Crippen molar-refractivity contribution in [1.82, 2.24) is 0 Å². The molecule has 0 N–H and O–H groups in total. The van der Waals surface area contributed by atoms with Gasteiger partial charge < -0.3 is 4.90 Å². The Labute approximate surface area is 276 Å². The van der Waals surface area contributed by atoms with Crippen molar-refractivity contribution in [2.75, 3.05) is 4.90 Å². The molecule has 1 saturated carbocycles. The molecule has 0 aromatic heterocycles. The molecule has 0 saturated heterocycles. The predicted octanol–water partition coefficient (Wildman–Crippen LogP) is 12.3. The second-order valence-electron chi connectivity index (χ2n) is 14.2. The summed E-state index contributed by atoms with van der Waals surface area (Å²) in [7, 11) is 0. The largest absolute Gasteiger partial charge is 0.310 e. The number of rotatable bonds is 4. The van der Waals surface area contributed by atoms with Crippen molar-refractivity contribution in [3.63, 3.8) is 0 Å². The fraction of sp³-hybridized carbons (Fsp3) is 0.130. The van der Waals surface area contributed by atoms with E-state index in [0.29, 0.717) is 0 Å². The van der Waals surface area contributed by atoms with E-state index in [9.17, 15) is 0 Å². The van der Waals surface area contributed by atoms with Crippen LogP contribution in [-0.4, -0.2) is 0 Å². The van der Waals surface area contributed by atoms with E-state index in [4.69, 9.17) is 0 Å². The Morgan fingerprint density at radius 2 is 0.979 bits per heavy atom. The van der Waals surface area contributed by atoms with E-state index < -0.39 is 0 Å². The van der Waals surface area contributed by atoms with Crippen molar-refractivity contribution in [3.8, 4) is 33.4 Å². The van der Waals surface area contributed by atoms with Crippen LogP contribution in [0.4, 0.5) is 17.1 Å². The van der Waals surface area contributed by atoms with Gasteiger partial charge in [0.2, 0.25) is 0 Å². The Bertz CT molecular complexity index is 2330. The van der Waals surface area contributed by atoms with Crippen molar-refractivity contribution >= 4 is 27.8 Å². The van der Waals surface area contributed by atoms with E-state index in [1.54, 1.807) is 0 Å². The van der Waals surface area contributed by atoms with E-state index in [1.807, 2.05) is 0 Å². The number of benzene rings is 7. The van der Waals surface area contributed by atoms with Crippen LogP contribution in [0.15, 0.2) is 152 Å². The standard InChI is InChI=1S/C46H35N/c1-45(2)41-27-31(32-20-23-38-39-17-9-11-30-12-10-18-40(44(30)39)46(25-26-46)43(38)28-32)19-22-36(41)37-24-21-35(29-42(37)45)47(33-13-5-3-6-14-33)34-15-7-4-8-16-34/h3-24,27-29H,25-26H2,1-2H3. The molecule has 7 aromatic carbocycles. The predicted molar refractivity (Wildman–Crippen MR) is 197 cm³/mol. The first-order chi connectivity index (χ1) is 23.0. The first-order valence-corrected chi connectivity index (χ1v) is 16.9. The van der Waals surface area contributed by atoms with Gasteiger partial charge in [0.15, 0.2) is 0 Å². The molecule has 0 atom stereocenters. The number of anilines is 3. The minimum absolute atomic E-state index is 0.129. The summed E-state index contributed by atoms with van der Waals surface area (Å²) in [5.74, 6) is 0. The second-order valence-corrected chi connectivity index (χ2v) is 14.2. The molecule has 0 heterocycles. The van der Waals surface area contributed by atoms with Gasteiger partial charge in [-0.1, -0.05) is 117 Å². The third kappa shape index (κ3) is 3.77. The lowest BCUT2D eigenvalue weighted by atomic mass is 9.74. The Morgan fingerprint density at radius 1 is 0.426 bits per heavy atom. The maximum absolute atomic E-state index is 2.52. The minimum Gasteiger partial charge on any atom is -0.310 e. The van der Waals surface area contributed by atoms with Crippen LogP contribution in [-0.2, 0) is 10.8 Å². The zero-order valence-electron chi connectivity index (χ0n) is 26.8. The van der Waals surface area contributed by atoms with Crippen LogP contribution < -0.4 is 4.90 Å². The fourth-order valence-corrected chi connectivity index (χ4v) is 8.77. The van der Waals surface area contributed by atoms with Crippen molar-refractivity contribution in [2.24, 2.45) is 0 Å². The van der Waals surface area contributed by atoms with Crippen molar-refractivity contribution < 1.29 is 0 Å². The lowest BCUT2D eigenvalue weighted by Gasteiger charge is -2.29. The molecule has 7 aromatic rings. The van der Waals surface area contributed by atoms with Crippen LogP contribution in [0.1, 0.15) is 48.9 Å². The number of hydrogen-bond donors (Lipinski definition) is 0. The van der Waals surface area contributed by atoms with Crippen molar-refractivity contribution in [3.05, 3.63) is 174 Å². The van der Waals surface area contributed by atoms with Crippen LogP contribution in [0, 0.1) is 0 Å². The highest BCUT2D eigenvalue weighted by atomic mass is 15.1. The molecular weight excluding hydrogens is 567 g/mol. The van der Waals surface area contributed by atoms with E-state index in [0.717, 1.165) is 11.4 Å². The van der Waals surface area contributed by atoms with Gasteiger partial charge in [-0.3, -0.25) is 0 Å². The number of nitrogens with zero attached hydrogens (tertiary/aromatic N) is 1. The molecule has 0 radical (unpaired) electrons. The molecule has 1 fully saturated rings. The smallest absolute Gasteiger partial charge is 0.0465 e. The van der Waals surface area contributed by atoms with Crippen LogP contribution >= 0.6 is 0 Å². The first-order valence-electron chi connectivity index (χ1n) is 16.9. The van der Waals surface area contributed by atoms with Gasteiger partial charge in [0.25, 0.3) is 0 Å². The van der Waals surface area contributed by atoms with Gasteiger partial charge in [-0.2, -0.15) is 0 Å². The highest BCUT2D eigenvalue weighted by Gasteiger charge is 2.50. The monoisotopic (exact) mass is 601 g/mol. The SMILES string of the molecule is CC1(C)c2cc(-c3ccc4c(c3)C3(CC3)c3cccc5cccc-4c35)ccc2-c2ccc(N(c3ccccc3)c3ccccc3)cc21. The lowest BCUT2D eigenvalue weighted by Crippen LogP contribution is -2.17. The Morgan fingerprint density at radius 3 is 1.62 bits per heavy atom. The van der Waals surface area contributed by atoms with Crippen LogP contribution in [0.25, 0.3) is 44.2 Å². The Balaban J connectivity index is 1.07. The summed E-state index contributed by atoms with van der Waals surface area (Å²) >= 11 is 0. The quantitative estimate of drug-likeness (QED) is 0.194. The maximum atomic E-state index is 2.52. The molecule has 1 heteroatoms. The van der Waals surface area contributed by atoms with E-state index in [1.165, 1.54) is 84.9 Å².